The largest absolute Gasteiger partial charge is 0.384 e. The highest BCUT2D eigenvalue weighted by molar-refractivity contribution is 5.95. The van der Waals surface area contributed by atoms with Crippen LogP contribution in [-0.4, -0.2) is 15.8 Å². The third-order valence-electron chi connectivity index (χ3n) is 2.20. The highest BCUT2D eigenvalue weighted by atomic mass is 16.1. The van der Waals surface area contributed by atoms with Crippen molar-refractivity contribution in [3.63, 3.8) is 0 Å². The van der Waals surface area contributed by atoms with Crippen LogP contribution in [0.5, 0.6) is 0 Å². The number of nitrogen functional groups attached to an aromatic ring is 1. The van der Waals surface area contributed by atoms with Gasteiger partial charge in [0.2, 0.25) is 0 Å². The second-order valence-corrected chi connectivity index (χ2v) is 3.44. The topological polar surface area (TPSA) is 68.9 Å². The maximum Gasteiger partial charge on any atom is 0.161 e. The van der Waals surface area contributed by atoms with Crippen LogP contribution in [0.2, 0.25) is 0 Å². The van der Waals surface area contributed by atoms with Crippen LogP contribution in [0.1, 0.15) is 17.3 Å². The molecular formula is C12H11N3O. The van der Waals surface area contributed by atoms with Crippen LogP contribution in [0.15, 0.2) is 36.5 Å². The van der Waals surface area contributed by atoms with Gasteiger partial charge in [-0.1, -0.05) is 18.2 Å². The molecule has 1 heterocycles. The Balaban J connectivity index is 2.48. The first-order valence-electron chi connectivity index (χ1n) is 4.87. The molecule has 1 aromatic heterocycles. The second-order valence-electron chi connectivity index (χ2n) is 3.44. The van der Waals surface area contributed by atoms with Gasteiger partial charge in [0.05, 0.1) is 0 Å². The lowest BCUT2D eigenvalue weighted by molar-refractivity contribution is 0.101. The zero-order chi connectivity index (χ0) is 11.5. The lowest BCUT2D eigenvalue weighted by atomic mass is 10.1. The number of nitrogens with zero attached hydrogens (tertiary/aromatic N) is 2. The number of aromatic nitrogens is 2. The van der Waals surface area contributed by atoms with E-state index in [0.717, 1.165) is 5.56 Å². The van der Waals surface area contributed by atoms with Crippen molar-refractivity contribution in [2.75, 3.05) is 5.73 Å². The molecule has 0 atom stereocenters. The van der Waals surface area contributed by atoms with Crippen LogP contribution in [0, 0.1) is 0 Å². The summed E-state index contributed by atoms with van der Waals surface area (Å²) >= 11 is 0. The van der Waals surface area contributed by atoms with E-state index in [-0.39, 0.29) is 5.78 Å². The van der Waals surface area contributed by atoms with Gasteiger partial charge < -0.3 is 5.73 Å². The summed E-state index contributed by atoms with van der Waals surface area (Å²) in [7, 11) is 0. The van der Waals surface area contributed by atoms with Crippen LogP contribution >= 0.6 is 0 Å². The molecule has 0 spiro atoms. The first-order chi connectivity index (χ1) is 7.66. The van der Waals surface area contributed by atoms with Gasteiger partial charge in [-0.2, -0.15) is 0 Å². The zero-order valence-electron chi connectivity index (χ0n) is 8.84. The molecule has 0 saturated carbocycles. The first kappa shape index (κ1) is 10.3. The van der Waals surface area contributed by atoms with Crippen LogP contribution in [0.4, 0.5) is 5.82 Å². The minimum atomic E-state index is 0.0192. The number of hydrogen-bond acceptors (Lipinski definition) is 4. The molecule has 0 aliphatic rings. The van der Waals surface area contributed by atoms with E-state index in [1.165, 1.54) is 6.92 Å². The van der Waals surface area contributed by atoms with Gasteiger partial charge in [0.25, 0.3) is 0 Å². The van der Waals surface area contributed by atoms with E-state index in [0.29, 0.717) is 17.2 Å². The fraction of sp³-hybridized carbons (Fsp3) is 0.0833. The fourth-order valence-electron chi connectivity index (χ4n) is 1.39. The lowest BCUT2D eigenvalue weighted by Gasteiger charge is -2.02. The van der Waals surface area contributed by atoms with E-state index < -0.39 is 0 Å². The molecule has 0 fully saturated rings. The molecular weight excluding hydrogens is 202 g/mol. The van der Waals surface area contributed by atoms with Crippen molar-refractivity contribution in [2.45, 2.75) is 6.92 Å². The summed E-state index contributed by atoms with van der Waals surface area (Å²) in [6.45, 7) is 1.53. The van der Waals surface area contributed by atoms with Gasteiger partial charge in [-0.25, -0.2) is 9.97 Å². The Bertz CT molecular complexity index is 537. The number of Topliss-reactive ketones (excluding diaryl/α,β-unsaturated/α-hetero) is 1. The Morgan fingerprint density at radius 2 is 2.12 bits per heavy atom. The normalized spacial score (nSPS) is 10.1. The molecule has 0 radical (unpaired) electrons. The highest BCUT2D eigenvalue weighted by Gasteiger charge is 2.04. The summed E-state index contributed by atoms with van der Waals surface area (Å²) in [6, 6.07) is 8.80. The van der Waals surface area contributed by atoms with Crippen molar-refractivity contribution in [1.82, 2.24) is 9.97 Å². The summed E-state index contributed by atoms with van der Waals surface area (Å²) in [6.07, 6.45) is 1.60. The average Bonchev–Trinajstić information content (AvgIpc) is 2.29. The van der Waals surface area contributed by atoms with Gasteiger partial charge in [0.15, 0.2) is 11.6 Å². The molecule has 4 nitrogen and oxygen atoms in total. The maximum atomic E-state index is 11.2. The Labute approximate surface area is 93.2 Å². The minimum Gasteiger partial charge on any atom is -0.384 e. The number of anilines is 1. The van der Waals surface area contributed by atoms with Crippen molar-refractivity contribution >= 4 is 11.6 Å². The van der Waals surface area contributed by atoms with Crippen LogP contribution < -0.4 is 5.73 Å². The minimum absolute atomic E-state index is 0.0192. The number of nitrogens with two attached hydrogens (primary N) is 1. The highest BCUT2D eigenvalue weighted by Crippen LogP contribution is 2.17. The number of rotatable bonds is 2. The third kappa shape index (κ3) is 2.06. The number of hydrogen-bond donors (Lipinski definition) is 1. The van der Waals surface area contributed by atoms with Gasteiger partial charge in [-0.05, 0) is 19.1 Å². The molecule has 0 bridgehead atoms. The zero-order valence-corrected chi connectivity index (χ0v) is 8.84. The second kappa shape index (κ2) is 4.10. The predicted octanol–water partition coefficient (Wildman–Crippen LogP) is 1.93. The first-order valence-corrected chi connectivity index (χ1v) is 4.87. The molecule has 80 valence electrons. The quantitative estimate of drug-likeness (QED) is 0.774. The van der Waals surface area contributed by atoms with E-state index in [1.54, 1.807) is 30.5 Å². The van der Waals surface area contributed by atoms with Crippen LogP contribution in [0.25, 0.3) is 11.4 Å². The summed E-state index contributed by atoms with van der Waals surface area (Å²) in [4.78, 5) is 19.4. The average molecular weight is 213 g/mol. The van der Waals surface area contributed by atoms with Crippen molar-refractivity contribution < 1.29 is 4.79 Å². The van der Waals surface area contributed by atoms with Gasteiger partial charge >= 0.3 is 0 Å². The Hall–Kier alpha value is -2.23. The molecule has 0 aliphatic carbocycles. The molecule has 1 aromatic carbocycles. The lowest BCUT2D eigenvalue weighted by Crippen LogP contribution is -1.96. The van der Waals surface area contributed by atoms with Gasteiger partial charge in [0, 0.05) is 17.3 Å². The summed E-state index contributed by atoms with van der Waals surface area (Å²) in [5, 5.41) is 0. The van der Waals surface area contributed by atoms with Gasteiger partial charge in [-0.3, -0.25) is 4.79 Å². The van der Waals surface area contributed by atoms with Gasteiger partial charge in [0.1, 0.15) is 5.82 Å². The summed E-state index contributed by atoms with van der Waals surface area (Å²) in [5.74, 6) is 0.965. The Morgan fingerprint density at radius 1 is 1.31 bits per heavy atom. The van der Waals surface area contributed by atoms with E-state index >= 15 is 0 Å². The summed E-state index contributed by atoms with van der Waals surface area (Å²) < 4.78 is 0. The van der Waals surface area contributed by atoms with E-state index in [4.69, 9.17) is 5.73 Å². The van der Waals surface area contributed by atoms with E-state index in [1.807, 2.05) is 6.07 Å². The van der Waals surface area contributed by atoms with Crippen LogP contribution in [0.3, 0.4) is 0 Å². The number of carbonyl (C=O) groups is 1. The molecule has 2 N–H and O–H groups in total. The molecule has 0 amide bonds. The fourth-order valence-corrected chi connectivity index (χ4v) is 1.39. The molecule has 0 unspecified atom stereocenters. The molecule has 2 aromatic rings. The van der Waals surface area contributed by atoms with E-state index in [9.17, 15) is 4.79 Å². The molecule has 4 heteroatoms. The van der Waals surface area contributed by atoms with Gasteiger partial charge in [-0.15, -0.1) is 0 Å². The standard InChI is InChI=1S/C12H11N3O/c1-8(16)9-3-2-4-10(7-9)12-14-6-5-11(13)15-12/h2-7H,1H3,(H2,13,14,15). The number of ketones is 1. The third-order valence-corrected chi connectivity index (χ3v) is 2.20. The molecule has 16 heavy (non-hydrogen) atoms. The Morgan fingerprint density at radius 3 is 2.81 bits per heavy atom. The summed E-state index contributed by atoms with van der Waals surface area (Å²) in [5.41, 5.74) is 7.01. The van der Waals surface area contributed by atoms with Crippen molar-refractivity contribution in [1.29, 1.82) is 0 Å². The monoisotopic (exact) mass is 213 g/mol. The number of carbonyl (C=O) groups excluding carboxylic acids is 1. The SMILES string of the molecule is CC(=O)c1cccc(-c2nccc(N)n2)c1. The molecule has 2 rings (SSSR count). The van der Waals surface area contributed by atoms with E-state index in [2.05, 4.69) is 9.97 Å². The predicted molar refractivity (Wildman–Crippen MR) is 61.9 cm³/mol. The van der Waals surface area contributed by atoms with Crippen molar-refractivity contribution in [3.8, 4) is 11.4 Å². The molecule has 0 aliphatic heterocycles. The maximum absolute atomic E-state index is 11.2. The number of benzene rings is 1. The van der Waals surface area contributed by atoms with Crippen LogP contribution in [-0.2, 0) is 0 Å². The van der Waals surface area contributed by atoms with Crippen molar-refractivity contribution in [2.24, 2.45) is 0 Å². The smallest absolute Gasteiger partial charge is 0.161 e. The van der Waals surface area contributed by atoms with Crippen molar-refractivity contribution in [3.05, 3.63) is 42.1 Å². The Kier molecular flexibility index (Phi) is 2.64. The molecule has 0 saturated heterocycles.